The number of nitrogens with zero attached hydrogens (tertiary/aromatic N) is 2. The van der Waals surface area contributed by atoms with Crippen LogP contribution in [0.1, 0.15) is 35.0 Å². The highest BCUT2D eigenvalue weighted by Gasteiger charge is 2.30. The fourth-order valence-electron chi connectivity index (χ4n) is 3.66. The Bertz CT molecular complexity index is 1030. The number of benzene rings is 2. The maximum atomic E-state index is 12.4. The topological polar surface area (TPSA) is 74.3 Å². The van der Waals surface area contributed by atoms with Gasteiger partial charge in [0.25, 0.3) is 0 Å². The van der Waals surface area contributed by atoms with Crippen molar-refractivity contribution in [3.8, 4) is 0 Å². The molecule has 6 nitrogen and oxygen atoms in total. The number of amides is 3. The SMILES string of the molecule is Cc1ccc(NC(=O)NC(=O)CN2CCC[C@@H]2c2nc3ccccc3s2)cc1C. The quantitative estimate of drug-likeness (QED) is 0.671. The first-order valence-electron chi connectivity index (χ1n) is 9.77. The molecule has 4 rings (SSSR count). The van der Waals surface area contributed by atoms with E-state index >= 15 is 0 Å². The molecular formula is C22H24N4O2S. The molecule has 3 amide bonds. The van der Waals surface area contributed by atoms with Crippen LogP contribution in [0.5, 0.6) is 0 Å². The van der Waals surface area contributed by atoms with Crippen LogP contribution in [0.2, 0.25) is 0 Å². The number of hydrogen-bond acceptors (Lipinski definition) is 5. The summed E-state index contributed by atoms with van der Waals surface area (Å²) < 4.78 is 1.16. The normalized spacial score (nSPS) is 16.8. The molecule has 1 fully saturated rings. The van der Waals surface area contributed by atoms with Gasteiger partial charge >= 0.3 is 6.03 Å². The molecular weight excluding hydrogens is 384 g/mol. The first-order chi connectivity index (χ1) is 14.0. The number of anilines is 1. The van der Waals surface area contributed by atoms with Crippen LogP contribution in [0.25, 0.3) is 10.2 Å². The number of carbonyl (C=O) groups is 2. The Morgan fingerprint density at radius 2 is 2.00 bits per heavy atom. The maximum absolute atomic E-state index is 12.4. The van der Waals surface area contributed by atoms with E-state index in [0.29, 0.717) is 5.69 Å². The van der Waals surface area contributed by atoms with Crippen LogP contribution < -0.4 is 10.6 Å². The minimum Gasteiger partial charge on any atom is -0.308 e. The summed E-state index contributed by atoms with van der Waals surface area (Å²) in [5.74, 6) is -0.306. The molecule has 1 aliphatic heterocycles. The van der Waals surface area contributed by atoms with Crippen LogP contribution in [0, 0.1) is 13.8 Å². The summed E-state index contributed by atoms with van der Waals surface area (Å²) in [5, 5.41) is 6.21. The molecule has 0 aliphatic carbocycles. The zero-order chi connectivity index (χ0) is 20.4. The van der Waals surface area contributed by atoms with E-state index in [9.17, 15) is 9.59 Å². The number of nitrogens with one attached hydrogen (secondary N) is 2. The summed E-state index contributed by atoms with van der Waals surface area (Å²) >= 11 is 1.68. The number of thiazole rings is 1. The van der Waals surface area contributed by atoms with Crippen LogP contribution in [-0.2, 0) is 4.79 Å². The van der Waals surface area contributed by atoms with Crippen LogP contribution in [0.3, 0.4) is 0 Å². The van der Waals surface area contributed by atoms with Gasteiger partial charge in [-0.05, 0) is 68.6 Å². The number of likely N-dealkylation sites (tertiary alicyclic amines) is 1. The van der Waals surface area contributed by atoms with Crippen molar-refractivity contribution in [1.29, 1.82) is 0 Å². The molecule has 0 radical (unpaired) electrons. The van der Waals surface area contributed by atoms with Gasteiger partial charge in [-0.3, -0.25) is 15.0 Å². The number of rotatable bonds is 4. The molecule has 3 aromatic rings. The molecule has 1 atom stereocenters. The number of imide groups is 1. The van der Waals surface area contributed by atoms with E-state index in [1.54, 1.807) is 11.3 Å². The molecule has 29 heavy (non-hydrogen) atoms. The molecule has 1 aromatic heterocycles. The molecule has 0 spiro atoms. The van der Waals surface area contributed by atoms with Crippen molar-refractivity contribution in [1.82, 2.24) is 15.2 Å². The lowest BCUT2D eigenvalue weighted by molar-refractivity contribution is -0.121. The minimum atomic E-state index is -0.506. The fraction of sp³-hybridized carbons (Fsp3) is 0.318. The Hall–Kier alpha value is -2.77. The molecule has 2 aromatic carbocycles. The van der Waals surface area contributed by atoms with E-state index in [0.717, 1.165) is 45.7 Å². The second-order valence-electron chi connectivity index (χ2n) is 7.45. The second kappa shape index (κ2) is 8.31. The summed E-state index contributed by atoms with van der Waals surface area (Å²) in [6.07, 6.45) is 1.99. The molecule has 2 heterocycles. The second-order valence-corrected chi connectivity index (χ2v) is 8.51. The van der Waals surface area contributed by atoms with E-state index < -0.39 is 6.03 Å². The van der Waals surface area contributed by atoms with Gasteiger partial charge in [-0.25, -0.2) is 9.78 Å². The lowest BCUT2D eigenvalue weighted by atomic mass is 10.1. The largest absolute Gasteiger partial charge is 0.325 e. The fourth-order valence-corrected chi connectivity index (χ4v) is 4.80. The maximum Gasteiger partial charge on any atom is 0.325 e. The van der Waals surface area contributed by atoms with Gasteiger partial charge in [0.05, 0.1) is 22.8 Å². The zero-order valence-electron chi connectivity index (χ0n) is 16.6. The van der Waals surface area contributed by atoms with Gasteiger partial charge in [0, 0.05) is 5.69 Å². The number of fused-ring (bicyclic) bond motifs is 1. The third-order valence-corrected chi connectivity index (χ3v) is 6.46. The standard InChI is InChI=1S/C22H24N4O2S/c1-14-9-10-16(12-15(14)2)23-22(28)25-20(27)13-26-11-5-7-18(26)21-24-17-6-3-4-8-19(17)29-21/h3-4,6,8-10,12,18H,5,7,11,13H2,1-2H3,(H2,23,25,27,28)/t18-/m1/s1. The Balaban J connectivity index is 1.36. The Morgan fingerprint density at radius 3 is 2.79 bits per heavy atom. The van der Waals surface area contributed by atoms with Gasteiger partial charge in [-0.1, -0.05) is 18.2 Å². The summed E-state index contributed by atoms with van der Waals surface area (Å²) in [7, 11) is 0. The van der Waals surface area contributed by atoms with Crippen molar-refractivity contribution in [2.24, 2.45) is 0 Å². The molecule has 150 valence electrons. The Labute approximate surface area is 173 Å². The average Bonchev–Trinajstić information content (AvgIpc) is 3.30. The molecule has 0 saturated carbocycles. The van der Waals surface area contributed by atoms with E-state index in [-0.39, 0.29) is 18.5 Å². The monoisotopic (exact) mass is 408 g/mol. The number of hydrogen-bond donors (Lipinski definition) is 2. The minimum absolute atomic E-state index is 0.126. The van der Waals surface area contributed by atoms with Gasteiger partial charge in [0.15, 0.2) is 0 Å². The lowest BCUT2D eigenvalue weighted by Crippen LogP contribution is -2.41. The van der Waals surface area contributed by atoms with Crippen LogP contribution in [0.15, 0.2) is 42.5 Å². The summed E-state index contributed by atoms with van der Waals surface area (Å²) in [6.45, 7) is 5.01. The van der Waals surface area contributed by atoms with Crippen molar-refractivity contribution in [2.75, 3.05) is 18.4 Å². The number of para-hydroxylation sites is 1. The summed E-state index contributed by atoms with van der Waals surface area (Å²) in [4.78, 5) is 31.5. The van der Waals surface area contributed by atoms with Crippen molar-refractivity contribution in [2.45, 2.75) is 32.7 Å². The van der Waals surface area contributed by atoms with E-state index in [2.05, 4.69) is 21.6 Å². The molecule has 0 unspecified atom stereocenters. The van der Waals surface area contributed by atoms with Crippen LogP contribution in [-0.4, -0.2) is 34.9 Å². The highest BCUT2D eigenvalue weighted by molar-refractivity contribution is 7.18. The van der Waals surface area contributed by atoms with E-state index in [1.165, 1.54) is 0 Å². The summed E-state index contributed by atoms with van der Waals surface area (Å²) in [5.41, 5.74) is 3.91. The first-order valence-corrected chi connectivity index (χ1v) is 10.6. The Morgan fingerprint density at radius 1 is 1.17 bits per heavy atom. The third-order valence-electron chi connectivity index (χ3n) is 5.32. The summed E-state index contributed by atoms with van der Waals surface area (Å²) in [6, 6.07) is 13.4. The molecule has 2 N–H and O–H groups in total. The average molecular weight is 409 g/mol. The van der Waals surface area contributed by atoms with Gasteiger partial charge in [0.1, 0.15) is 5.01 Å². The smallest absolute Gasteiger partial charge is 0.308 e. The van der Waals surface area contributed by atoms with Crippen molar-refractivity contribution in [3.05, 3.63) is 58.6 Å². The predicted octanol–water partition coefficient (Wildman–Crippen LogP) is 4.40. The van der Waals surface area contributed by atoms with E-state index in [1.807, 2.05) is 50.2 Å². The molecule has 1 aliphatic rings. The van der Waals surface area contributed by atoms with Crippen molar-refractivity contribution < 1.29 is 9.59 Å². The highest BCUT2D eigenvalue weighted by Crippen LogP contribution is 2.36. The highest BCUT2D eigenvalue weighted by atomic mass is 32.1. The van der Waals surface area contributed by atoms with Gasteiger partial charge in [0.2, 0.25) is 5.91 Å². The van der Waals surface area contributed by atoms with Crippen molar-refractivity contribution >= 4 is 39.2 Å². The predicted molar refractivity (Wildman–Crippen MR) is 116 cm³/mol. The van der Waals surface area contributed by atoms with Gasteiger partial charge in [-0.15, -0.1) is 11.3 Å². The van der Waals surface area contributed by atoms with Gasteiger partial charge in [-0.2, -0.15) is 0 Å². The molecule has 7 heteroatoms. The third kappa shape index (κ3) is 4.46. The van der Waals surface area contributed by atoms with E-state index in [4.69, 9.17) is 4.98 Å². The molecule has 0 bridgehead atoms. The number of carbonyl (C=O) groups excluding carboxylic acids is 2. The number of urea groups is 1. The molecule has 1 saturated heterocycles. The van der Waals surface area contributed by atoms with Crippen LogP contribution >= 0.6 is 11.3 Å². The zero-order valence-corrected chi connectivity index (χ0v) is 17.4. The number of aromatic nitrogens is 1. The Kier molecular flexibility index (Phi) is 5.60. The van der Waals surface area contributed by atoms with Gasteiger partial charge < -0.3 is 5.32 Å². The van der Waals surface area contributed by atoms with Crippen LogP contribution in [0.4, 0.5) is 10.5 Å². The number of aryl methyl sites for hydroxylation is 2. The lowest BCUT2D eigenvalue weighted by Gasteiger charge is -2.21. The van der Waals surface area contributed by atoms with Crippen molar-refractivity contribution in [3.63, 3.8) is 0 Å². The first kappa shape index (κ1) is 19.5.